The summed E-state index contributed by atoms with van der Waals surface area (Å²) in [7, 11) is 1.69. The van der Waals surface area contributed by atoms with Gasteiger partial charge in [-0.1, -0.05) is 37.7 Å². The Morgan fingerprint density at radius 1 is 1.23 bits per heavy atom. The molecule has 0 saturated heterocycles. The lowest BCUT2D eigenvalue weighted by Gasteiger charge is -2.17. The van der Waals surface area contributed by atoms with Crippen molar-refractivity contribution in [1.29, 1.82) is 0 Å². The monoisotopic (exact) mass is 450 g/mol. The Morgan fingerprint density at radius 3 is 2.58 bits per heavy atom. The molecule has 0 fully saturated rings. The van der Waals surface area contributed by atoms with Crippen LogP contribution in [0.15, 0.2) is 52.2 Å². The van der Waals surface area contributed by atoms with E-state index in [1.165, 1.54) is 23.9 Å². The molecule has 0 bridgehead atoms. The molecule has 0 N–H and O–H groups in total. The molecule has 31 heavy (non-hydrogen) atoms. The first kappa shape index (κ1) is 22.8. The fourth-order valence-corrected chi connectivity index (χ4v) is 3.78. The van der Waals surface area contributed by atoms with Gasteiger partial charge in [0.1, 0.15) is 5.75 Å². The van der Waals surface area contributed by atoms with E-state index in [9.17, 15) is 13.6 Å². The Balaban J connectivity index is 1.61. The number of carbonyl (C=O) groups excluding carboxylic acids is 1. The number of rotatable bonds is 10. The van der Waals surface area contributed by atoms with Crippen LogP contribution in [0.4, 0.5) is 8.78 Å². The lowest BCUT2D eigenvalue weighted by atomic mass is 10.2. The third-order valence-corrected chi connectivity index (χ3v) is 5.28. The first-order valence-corrected chi connectivity index (χ1v) is 10.7. The van der Waals surface area contributed by atoms with E-state index in [2.05, 4.69) is 28.8 Å². The first-order valence-electron chi connectivity index (χ1n) is 9.71. The molecule has 0 aliphatic rings. The lowest BCUT2D eigenvalue weighted by Crippen LogP contribution is -2.28. The van der Waals surface area contributed by atoms with Gasteiger partial charge in [0, 0.05) is 20.1 Å². The van der Waals surface area contributed by atoms with Crippen LogP contribution < -0.4 is 4.74 Å². The summed E-state index contributed by atoms with van der Waals surface area (Å²) >= 11 is 1.32. The van der Waals surface area contributed by atoms with Crippen molar-refractivity contribution in [2.75, 3.05) is 12.8 Å². The molecule has 0 atom stereocenters. The smallest absolute Gasteiger partial charge is 0.387 e. The standard InChI is InChI=1S/C21H24F2N4O3S/c1-14(2)11-27-19(17-5-4-10-29-17)24-25-21(27)31-13-18(28)26(3)12-15-6-8-16(9-7-15)30-20(22)23/h4-10,14,20H,11-13H2,1-3H3. The van der Waals surface area contributed by atoms with Gasteiger partial charge in [0.25, 0.3) is 0 Å². The normalized spacial score (nSPS) is 11.3. The number of alkyl halides is 2. The number of carbonyl (C=O) groups is 1. The van der Waals surface area contributed by atoms with Gasteiger partial charge >= 0.3 is 6.61 Å². The van der Waals surface area contributed by atoms with Crippen molar-refractivity contribution in [3.05, 3.63) is 48.2 Å². The maximum atomic E-state index is 12.6. The average Bonchev–Trinajstić information content (AvgIpc) is 3.37. The van der Waals surface area contributed by atoms with Gasteiger partial charge in [0.2, 0.25) is 5.91 Å². The highest BCUT2D eigenvalue weighted by molar-refractivity contribution is 7.99. The van der Waals surface area contributed by atoms with Crippen LogP contribution in [0.25, 0.3) is 11.6 Å². The van der Waals surface area contributed by atoms with Crippen molar-refractivity contribution < 1.29 is 22.7 Å². The van der Waals surface area contributed by atoms with E-state index in [0.29, 0.717) is 35.7 Å². The third kappa shape index (κ3) is 6.30. The van der Waals surface area contributed by atoms with Crippen molar-refractivity contribution >= 4 is 17.7 Å². The zero-order valence-electron chi connectivity index (χ0n) is 17.5. The molecule has 0 spiro atoms. The molecule has 0 aliphatic heterocycles. The molecule has 1 amide bonds. The van der Waals surface area contributed by atoms with Crippen LogP contribution in [0, 0.1) is 5.92 Å². The minimum atomic E-state index is -2.86. The summed E-state index contributed by atoms with van der Waals surface area (Å²) < 4.78 is 36.3. The molecule has 0 saturated carbocycles. The number of ether oxygens (including phenoxy) is 1. The van der Waals surface area contributed by atoms with Gasteiger partial charge in [-0.2, -0.15) is 8.78 Å². The summed E-state index contributed by atoms with van der Waals surface area (Å²) in [4.78, 5) is 14.2. The van der Waals surface area contributed by atoms with E-state index in [0.717, 1.165) is 5.56 Å². The number of aromatic nitrogens is 3. The Bertz CT molecular complexity index is 975. The van der Waals surface area contributed by atoms with Crippen molar-refractivity contribution in [2.45, 2.75) is 38.7 Å². The summed E-state index contributed by atoms with van der Waals surface area (Å²) in [5.41, 5.74) is 0.811. The highest BCUT2D eigenvalue weighted by atomic mass is 32.2. The van der Waals surface area contributed by atoms with Gasteiger partial charge in [-0.3, -0.25) is 9.36 Å². The predicted molar refractivity (Wildman–Crippen MR) is 113 cm³/mol. The van der Waals surface area contributed by atoms with Crippen molar-refractivity contribution in [3.63, 3.8) is 0 Å². The predicted octanol–water partition coefficient (Wildman–Crippen LogP) is 4.55. The second-order valence-electron chi connectivity index (χ2n) is 7.35. The maximum absolute atomic E-state index is 12.6. The summed E-state index contributed by atoms with van der Waals surface area (Å²) in [6, 6.07) is 9.85. The van der Waals surface area contributed by atoms with E-state index in [1.807, 2.05) is 10.6 Å². The number of thioether (sulfide) groups is 1. The molecule has 2 heterocycles. The van der Waals surface area contributed by atoms with Crippen LogP contribution in [0.1, 0.15) is 19.4 Å². The molecule has 7 nitrogen and oxygen atoms in total. The van der Waals surface area contributed by atoms with Gasteiger partial charge in [-0.25, -0.2) is 0 Å². The number of halogens is 2. The van der Waals surface area contributed by atoms with Crippen molar-refractivity contribution in [2.24, 2.45) is 5.92 Å². The van der Waals surface area contributed by atoms with Gasteiger partial charge in [0.05, 0.1) is 12.0 Å². The van der Waals surface area contributed by atoms with Crippen LogP contribution in [-0.2, 0) is 17.9 Å². The van der Waals surface area contributed by atoms with Crippen LogP contribution in [-0.4, -0.2) is 45.0 Å². The number of benzene rings is 1. The minimum absolute atomic E-state index is 0.0835. The summed E-state index contributed by atoms with van der Waals surface area (Å²) in [5.74, 6) is 1.81. The number of furan rings is 1. The van der Waals surface area contributed by atoms with Crippen molar-refractivity contribution in [3.8, 4) is 17.3 Å². The van der Waals surface area contributed by atoms with Gasteiger partial charge in [-0.15, -0.1) is 10.2 Å². The Hall–Kier alpha value is -2.88. The highest BCUT2D eigenvalue weighted by Gasteiger charge is 2.19. The Labute approximate surface area is 183 Å². The first-order chi connectivity index (χ1) is 14.8. The van der Waals surface area contributed by atoms with Crippen LogP contribution in [0.2, 0.25) is 0 Å². The molecule has 3 aromatic rings. The van der Waals surface area contributed by atoms with E-state index < -0.39 is 6.61 Å². The lowest BCUT2D eigenvalue weighted by molar-refractivity contribution is -0.127. The van der Waals surface area contributed by atoms with Gasteiger partial charge in [0.15, 0.2) is 16.7 Å². The molecule has 0 unspecified atom stereocenters. The second-order valence-corrected chi connectivity index (χ2v) is 8.29. The number of hydrogen-bond donors (Lipinski definition) is 0. The number of nitrogens with zero attached hydrogens (tertiary/aromatic N) is 4. The molecule has 0 radical (unpaired) electrons. The zero-order chi connectivity index (χ0) is 22.4. The summed E-state index contributed by atoms with van der Waals surface area (Å²) in [6.07, 6.45) is 1.58. The maximum Gasteiger partial charge on any atom is 0.387 e. The van der Waals surface area contributed by atoms with Crippen LogP contribution in [0.3, 0.4) is 0 Å². The molecule has 0 aliphatic carbocycles. The molecule has 10 heteroatoms. The molecule has 2 aromatic heterocycles. The van der Waals surface area contributed by atoms with Crippen molar-refractivity contribution in [1.82, 2.24) is 19.7 Å². The third-order valence-electron chi connectivity index (χ3n) is 4.32. The van der Waals surface area contributed by atoms with Gasteiger partial charge in [-0.05, 0) is 35.7 Å². The Morgan fingerprint density at radius 2 is 1.97 bits per heavy atom. The average molecular weight is 451 g/mol. The number of amides is 1. The van der Waals surface area contributed by atoms with E-state index >= 15 is 0 Å². The topological polar surface area (TPSA) is 73.4 Å². The second kappa shape index (κ2) is 10.4. The summed E-state index contributed by atoms with van der Waals surface area (Å²) in [6.45, 7) is 2.37. The molecular formula is C21H24F2N4O3S. The fraction of sp³-hybridized carbons (Fsp3) is 0.381. The quantitative estimate of drug-likeness (QED) is 0.422. The van der Waals surface area contributed by atoms with E-state index in [1.54, 1.807) is 36.4 Å². The SMILES string of the molecule is CC(C)Cn1c(SCC(=O)N(C)Cc2ccc(OC(F)F)cc2)nnc1-c1ccco1. The minimum Gasteiger partial charge on any atom is -0.461 e. The fourth-order valence-electron chi connectivity index (χ4n) is 2.89. The Kier molecular flexibility index (Phi) is 7.67. The largest absolute Gasteiger partial charge is 0.461 e. The molecule has 1 aromatic carbocycles. The summed E-state index contributed by atoms with van der Waals surface area (Å²) in [5, 5.41) is 9.13. The highest BCUT2D eigenvalue weighted by Crippen LogP contribution is 2.26. The van der Waals surface area contributed by atoms with Crippen LogP contribution in [0.5, 0.6) is 5.75 Å². The molecule has 166 valence electrons. The van der Waals surface area contributed by atoms with Gasteiger partial charge < -0.3 is 14.1 Å². The molecule has 3 rings (SSSR count). The van der Waals surface area contributed by atoms with Crippen LogP contribution >= 0.6 is 11.8 Å². The van der Waals surface area contributed by atoms with E-state index in [4.69, 9.17) is 4.42 Å². The number of hydrogen-bond acceptors (Lipinski definition) is 6. The zero-order valence-corrected chi connectivity index (χ0v) is 18.3. The van der Waals surface area contributed by atoms with E-state index in [-0.39, 0.29) is 17.4 Å². The molecular weight excluding hydrogens is 426 g/mol.